The monoisotopic (exact) mass is 309 g/mol. The number of ether oxygens (including phenoxy) is 3. The Morgan fingerprint density at radius 2 is 1.68 bits per heavy atom. The molecular weight excluding hydrogens is 282 g/mol. The molecule has 5 nitrogen and oxygen atoms in total. The predicted octanol–water partition coefficient (Wildman–Crippen LogP) is 2.45. The number of benzene rings is 1. The summed E-state index contributed by atoms with van der Waals surface area (Å²) in [5.41, 5.74) is 1.06. The Hall–Kier alpha value is -1.46. The quantitative estimate of drug-likeness (QED) is 0.875. The zero-order valence-corrected chi connectivity index (χ0v) is 13.8. The second-order valence-electron chi connectivity index (χ2n) is 5.68. The van der Waals surface area contributed by atoms with Gasteiger partial charge in [0.15, 0.2) is 11.5 Å². The Balaban J connectivity index is 2.26. The highest BCUT2D eigenvalue weighted by atomic mass is 16.5. The molecule has 0 aliphatic carbocycles. The molecule has 1 aromatic carbocycles. The summed E-state index contributed by atoms with van der Waals surface area (Å²) in [7, 11) is 4.92. The van der Waals surface area contributed by atoms with Gasteiger partial charge in [0.25, 0.3) is 0 Å². The molecule has 0 aromatic heterocycles. The van der Waals surface area contributed by atoms with Crippen LogP contribution in [0.1, 0.15) is 31.2 Å². The molecule has 2 rings (SSSR count). The number of hydrogen-bond donors (Lipinski definition) is 1. The van der Waals surface area contributed by atoms with Crippen molar-refractivity contribution in [1.29, 1.82) is 0 Å². The maximum atomic E-state index is 9.66. The summed E-state index contributed by atoms with van der Waals surface area (Å²) < 4.78 is 16.2. The Bertz CT molecular complexity index is 478. The fraction of sp³-hybridized carbons (Fsp3) is 0.647. The summed E-state index contributed by atoms with van der Waals surface area (Å²) in [5.74, 6) is 2.16. The van der Waals surface area contributed by atoms with Crippen LogP contribution in [0, 0.1) is 0 Å². The van der Waals surface area contributed by atoms with Gasteiger partial charge in [-0.05, 0) is 25.5 Å². The SMILES string of the molecule is COc1cc(OC)c(OC)cc1CN1CCCCC[C@@H]1CO. The van der Waals surface area contributed by atoms with Crippen molar-refractivity contribution >= 4 is 0 Å². The van der Waals surface area contributed by atoms with Crippen LogP contribution in [0.2, 0.25) is 0 Å². The van der Waals surface area contributed by atoms with E-state index in [1.807, 2.05) is 12.1 Å². The number of methoxy groups -OCH3 is 3. The molecule has 22 heavy (non-hydrogen) atoms. The largest absolute Gasteiger partial charge is 0.496 e. The zero-order valence-electron chi connectivity index (χ0n) is 13.8. The van der Waals surface area contributed by atoms with Crippen LogP contribution in [0.25, 0.3) is 0 Å². The second-order valence-corrected chi connectivity index (χ2v) is 5.68. The topological polar surface area (TPSA) is 51.2 Å². The highest BCUT2D eigenvalue weighted by Crippen LogP contribution is 2.35. The van der Waals surface area contributed by atoms with E-state index in [0.717, 1.165) is 30.8 Å². The van der Waals surface area contributed by atoms with Gasteiger partial charge in [0, 0.05) is 24.2 Å². The van der Waals surface area contributed by atoms with Crippen molar-refractivity contribution < 1.29 is 19.3 Å². The standard InChI is InChI=1S/C17H27NO4/c1-20-15-10-17(22-3)16(21-2)9-13(15)11-18-8-6-4-5-7-14(18)12-19/h9-10,14,19H,4-8,11-12H2,1-3H3/t14-/m1/s1. The average Bonchev–Trinajstić information content (AvgIpc) is 2.79. The van der Waals surface area contributed by atoms with E-state index in [0.29, 0.717) is 11.5 Å². The molecule has 1 saturated heterocycles. The first-order chi connectivity index (χ1) is 10.7. The third-order valence-electron chi connectivity index (χ3n) is 4.37. The molecule has 0 radical (unpaired) electrons. The summed E-state index contributed by atoms with van der Waals surface area (Å²) in [6, 6.07) is 4.05. The molecular formula is C17H27NO4. The summed E-state index contributed by atoms with van der Waals surface area (Å²) >= 11 is 0. The number of rotatable bonds is 6. The van der Waals surface area contributed by atoms with Crippen molar-refractivity contribution in [2.45, 2.75) is 38.3 Å². The van der Waals surface area contributed by atoms with Crippen LogP contribution in [0.4, 0.5) is 0 Å². The van der Waals surface area contributed by atoms with E-state index in [4.69, 9.17) is 14.2 Å². The van der Waals surface area contributed by atoms with Gasteiger partial charge in [0.05, 0.1) is 27.9 Å². The van der Waals surface area contributed by atoms with E-state index in [1.54, 1.807) is 21.3 Å². The van der Waals surface area contributed by atoms with Crippen LogP contribution in [0.5, 0.6) is 17.2 Å². The van der Waals surface area contributed by atoms with Crippen molar-refractivity contribution in [3.8, 4) is 17.2 Å². The summed E-state index contributed by atoms with van der Waals surface area (Å²) in [6.07, 6.45) is 4.64. The van der Waals surface area contributed by atoms with Crippen LogP contribution < -0.4 is 14.2 Å². The number of aliphatic hydroxyl groups is 1. The van der Waals surface area contributed by atoms with Crippen LogP contribution in [-0.2, 0) is 6.54 Å². The van der Waals surface area contributed by atoms with Crippen molar-refractivity contribution in [3.05, 3.63) is 17.7 Å². The molecule has 5 heteroatoms. The first-order valence-electron chi connectivity index (χ1n) is 7.87. The maximum Gasteiger partial charge on any atom is 0.164 e. The highest BCUT2D eigenvalue weighted by molar-refractivity contribution is 5.50. The van der Waals surface area contributed by atoms with Gasteiger partial charge in [-0.3, -0.25) is 4.90 Å². The molecule has 1 aromatic rings. The van der Waals surface area contributed by atoms with E-state index in [1.165, 1.54) is 19.3 Å². The number of likely N-dealkylation sites (tertiary alicyclic amines) is 1. The van der Waals surface area contributed by atoms with Gasteiger partial charge in [-0.15, -0.1) is 0 Å². The molecule has 0 unspecified atom stereocenters. The van der Waals surface area contributed by atoms with Crippen LogP contribution in [0.15, 0.2) is 12.1 Å². The van der Waals surface area contributed by atoms with Gasteiger partial charge >= 0.3 is 0 Å². The molecule has 1 atom stereocenters. The fourth-order valence-corrected chi connectivity index (χ4v) is 3.09. The molecule has 0 bridgehead atoms. The molecule has 0 amide bonds. The molecule has 124 valence electrons. The number of hydrogen-bond acceptors (Lipinski definition) is 5. The van der Waals surface area contributed by atoms with Gasteiger partial charge in [0.2, 0.25) is 0 Å². The minimum Gasteiger partial charge on any atom is -0.496 e. The highest BCUT2D eigenvalue weighted by Gasteiger charge is 2.22. The lowest BCUT2D eigenvalue weighted by atomic mass is 10.1. The van der Waals surface area contributed by atoms with Gasteiger partial charge in [-0.25, -0.2) is 0 Å². The Morgan fingerprint density at radius 1 is 1.00 bits per heavy atom. The van der Waals surface area contributed by atoms with Crippen LogP contribution in [0.3, 0.4) is 0 Å². The minimum absolute atomic E-state index is 0.204. The molecule has 1 aliphatic rings. The van der Waals surface area contributed by atoms with Crippen molar-refractivity contribution in [1.82, 2.24) is 4.90 Å². The zero-order chi connectivity index (χ0) is 15.9. The van der Waals surface area contributed by atoms with E-state index >= 15 is 0 Å². The van der Waals surface area contributed by atoms with Crippen LogP contribution in [-0.4, -0.2) is 50.5 Å². The number of aliphatic hydroxyl groups excluding tert-OH is 1. The Labute approximate surface area is 132 Å². The normalized spacial score (nSPS) is 19.5. The maximum absolute atomic E-state index is 9.66. The Kier molecular flexibility index (Phi) is 6.34. The van der Waals surface area contributed by atoms with E-state index < -0.39 is 0 Å². The van der Waals surface area contributed by atoms with E-state index in [9.17, 15) is 5.11 Å². The average molecular weight is 309 g/mol. The summed E-state index contributed by atoms with van der Waals surface area (Å²) in [5, 5.41) is 9.66. The molecule has 1 aliphatic heterocycles. The summed E-state index contributed by atoms with van der Waals surface area (Å²) in [4.78, 5) is 2.34. The van der Waals surface area contributed by atoms with Gasteiger partial charge < -0.3 is 19.3 Å². The Morgan fingerprint density at radius 3 is 2.32 bits per heavy atom. The lowest BCUT2D eigenvalue weighted by Gasteiger charge is -2.29. The molecule has 1 heterocycles. The third kappa shape index (κ3) is 3.84. The van der Waals surface area contributed by atoms with Crippen molar-refractivity contribution in [2.24, 2.45) is 0 Å². The third-order valence-corrected chi connectivity index (χ3v) is 4.37. The molecule has 1 N–H and O–H groups in total. The van der Waals surface area contributed by atoms with E-state index in [2.05, 4.69) is 4.90 Å². The van der Waals surface area contributed by atoms with Gasteiger partial charge in [-0.1, -0.05) is 12.8 Å². The first kappa shape index (κ1) is 16.9. The lowest BCUT2D eigenvalue weighted by molar-refractivity contribution is 0.117. The molecule has 0 spiro atoms. The first-order valence-corrected chi connectivity index (χ1v) is 7.87. The van der Waals surface area contributed by atoms with E-state index in [-0.39, 0.29) is 12.6 Å². The van der Waals surface area contributed by atoms with Crippen LogP contribution >= 0.6 is 0 Å². The lowest BCUT2D eigenvalue weighted by Crippen LogP contribution is -2.37. The second kappa shape index (κ2) is 8.25. The minimum atomic E-state index is 0.204. The van der Waals surface area contributed by atoms with Gasteiger partial charge in [0.1, 0.15) is 5.75 Å². The summed E-state index contributed by atoms with van der Waals surface area (Å²) in [6.45, 7) is 1.95. The number of nitrogens with zero attached hydrogens (tertiary/aromatic N) is 1. The predicted molar refractivity (Wildman–Crippen MR) is 85.8 cm³/mol. The molecule has 0 saturated carbocycles. The molecule has 1 fully saturated rings. The fourth-order valence-electron chi connectivity index (χ4n) is 3.09. The smallest absolute Gasteiger partial charge is 0.164 e. The van der Waals surface area contributed by atoms with Crippen molar-refractivity contribution in [3.63, 3.8) is 0 Å². The van der Waals surface area contributed by atoms with Crippen molar-refractivity contribution in [2.75, 3.05) is 34.5 Å². The van der Waals surface area contributed by atoms with Gasteiger partial charge in [-0.2, -0.15) is 0 Å².